The molecule has 0 fully saturated rings. The molecule has 0 aromatic heterocycles. The highest BCUT2D eigenvalue weighted by atomic mass is 35.5. The lowest BCUT2D eigenvalue weighted by Gasteiger charge is -2.26. The van der Waals surface area contributed by atoms with E-state index in [-0.39, 0.29) is 29.1 Å². The van der Waals surface area contributed by atoms with E-state index < -0.39 is 23.8 Å². The van der Waals surface area contributed by atoms with Gasteiger partial charge in [0.25, 0.3) is 0 Å². The standard InChI is InChI=1S/C18H14ClNO6/c1-2-25-18-14(16(22)11-8-9(19)6-7-13(11)26-18)20-12-5-3-4-10(15(12)21)17(23)24/h3-8,18,21H,2H2,1H3,(H,23,24). The van der Waals surface area contributed by atoms with E-state index in [1.54, 1.807) is 19.1 Å². The van der Waals surface area contributed by atoms with Crippen molar-refractivity contribution in [3.63, 3.8) is 0 Å². The molecule has 1 aliphatic heterocycles. The Bertz CT molecular complexity index is 924. The normalized spacial score (nSPS) is 17.7. The minimum atomic E-state index is -1.31. The van der Waals surface area contributed by atoms with E-state index in [9.17, 15) is 14.7 Å². The summed E-state index contributed by atoms with van der Waals surface area (Å²) in [5, 5.41) is 19.6. The van der Waals surface area contributed by atoms with Gasteiger partial charge in [-0.05, 0) is 37.3 Å². The predicted molar refractivity (Wildman–Crippen MR) is 94.0 cm³/mol. The second kappa shape index (κ2) is 7.15. The molecule has 0 spiro atoms. The molecule has 0 amide bonds. The van der Waals surface area contributed by atoms with Crippen molar-refractivity contribution in [2.24, 2.45) is 4.99 Å². The Hall–Kier alpha value is -2.90. The van der Waals surface area contributed by atoms with E-state index in [1.165, 1.54) is 24.3 Å². The largest absolute Gasteiger partial charge is 0.505 e. The molecular formula is C18H14ClNO6. The van der Waals surface area contributed by atoms with Gasteiger partial charge in [0.05, 0.1) is 5.56 Å². The Morgan fingerprint density at radius 1 is 1.35 bits per heavy atom. The molecule has 1 unspecified atom stereocenters. The fourth-order valence-corrected chi connectivity index (χ4v) is 2.66. The fraction of sp³-hybridized carbons (Fsp3) is 0.167. The lowest BCUT2D eigenvalue weighted by Crippen LogP contribution is -2.40. The van der Waals surface area contributed by atoms with Crippen molar-refractivity contribution >= 4 is 34.8 Å². The van der Waals surface area contributed by atoms with E-state index in [0.29, 0.717) is 10.8 Å². The number of ether oxygens (including phenoxy) is 2. The molecule has 1 atom stereocenters. The van der Waals surface area contributed by atoms with Crippen molar-refractivity contribution in [2.75, 3.05) is 6.61 Å². The quantitative estimate of drug-likeness (QED) is 0.847. The number of carbonyl (C=O) groups is 2. The van der Waals surface area contributed by atoms with Crippen LogP contribution in [0.1, 0.15) is 27.6 Å². The Morgan fingerprint density at radius 2 is 2.12 bits per heavy atom. The number of nitrogens with zero attached hydrogens (tertiary/aromatic N) is 1. The van der Waals surface area contributed by atoms with Gasteiger partial charge in [-0.1, -0.05) is 17.7 Å². The first-order valence-electron chi connectivity index (χ1n) is 7.68. The highest BCUT2D eigenvalue weighted by Crippen LogP contribution is 2.34. The van der Waals surface area contributed by atoms with E-state index in [0.717, 1.165) is 0 Å². The highest BCUT2D eigenvalue weighted by Gasteiger charge is 2.34. The maximum atomic E-state index is 12.8. The number of aliphatic imine (C=N–C) groups is 1. The van der Waals surface area contributed by atoms with Crippen LogP contribution in [0.15, 0.2) is 41.4 Å². The summed E-state index contributed by atoms with van der Waals surface area (Å²) in [6.45, 7) is 1.98. The highest BCUT2D eigenvalue weighted by molar-refractivity contribution is 6.49. The summed E-state index contributed by atoms with van der Waals surface area (Å²) >= 11 is 5.94. The average molecular weight is 376 g/mol. The average Bonchev–Trinajstić information content (AvgIpc) is 2.60. The molecule has 1 aliphatic rings. The third kappa shape index (κ3) is 3.26. The lowest BCUT2D eigenvalue weighted by atomic mass is 10.0. The van der Waals surface area contributed by atoms with Gasteiger partial charge in [-0.15, -0.1) is 0 Å². The Kier molecular flexibility index (Phi) is 4.92. The van der Waals surface area contributed by atoms with Crippen LogP contribution in [0, 0.1) is 0 Å². The molecule has 0 aliphatic carbocycles. The van der Waals surface area contributed by atoms with Gasteiger partial charge in [-0.25, -0.2) is 9.79 Å². The number of carboxylic acid groups (broad SMARTS) is 1. The maximum Gasteiger partial charge on any atom is 0.339 e. The number of Topliss-reactive ketones (excluding diaryl/α,β-unsaturated/α-hetero) is 1. The number of phenols is 1. The number of aromatic carboxylic acids is 1. The maximum absolute atomic E-state index is 12.8. The number of halogens is 1. The molecule has 0 bridgehead atoms. The first kappa shape index (κ1) is 17.9. The van der Waals surface area contributed by atoms with Crippen molar-refractivity contribution in [3.05, 3.63) is 52.5 Å². The van der Waals surface area contributed by atoms with Crippen LogP contribution in [-0.4, -0.2) is 40.6 Å². The monoisotopic (exact) mass is 375 g/mol. The zero-order valence-corrected chi connectivity index (χ0v) is 14.4. The number of hydrogen-bond donors (Lipinski definition) is 2. The summed E-state index contributed by atoms with van der Waals surface area (Å²) in [6.07, 6.45) is -1.09. The first-order valence-corrected chi connectivity index (χ1v) is 8.06. The number of carboxylic acids is 1. The Labute approximate surface area is 153 Å². The van der Waals surface area contributed by atoms with Crippen molar-refractivity contribution < 1.29 is 29.3 Å². The van der Waals surface area contributed by atoms with E-state index in [2.05, 4.69) is 4.99 Å². The summed E-state index contributed by atoms with van der Waals surface area (Å²) in [7, 11) is 0. The molecule has 26 heavy (non-hydrogen) atoms. The number of fused-ring (bicyclic) bond motifs is 1. The smallest absolute Gasteiger partial charge is 0.339 e. The molecule has 3 rings (SSSR count). The number of ketones is 1. The van der Waals surface area contributed by atoms with Gasteiger partial charge < -0.3 is 19.7 Å². The van der Waals surface area contributed by atoms with E-state index in [4.69, 9.17) is 26.2 Å². The van der Waals surface area contributed by atoms with Gasteiger partial charge in [0, 0.05) is 11.6 Å². The van der Waals surface area contributed by atoms with Crippen molar-refractivity contribution in [1.82, 2.24) is 0 Å². The third-order valence-corrected chi connectivity index (χ3v) is 3.92. The topological polar surface area (TPSA) is 105 Å². The number of carbonyl (C=O) groups excluding carboxylic acids is 1. The summed E-state index contributed by atoms with van der Waals surface area (Å²) < 4.78 is 11.1. The number of hydrogen-bond acceptors (Lipinski definition) is 6. The zero-order valence-electron chi connectivity index (χ0n) is 13.6. The van der Waals surface area contributed by atoms with Gasteiger partial charge in [0.1, 0.15) is 17.0 Å². The molecule has 0 radical (unpaired) electrons. The van der Waals surface area contributed by atoms with Gasteiger partial charge in [0.15, 0.2) is 11.5 Å². The minimum Gasteiger partial charge on any atom is -0.505 e. The second-order valence-electron chi connectivity index (χ2n) is 5.35. The Balaban J connectivity index is 2.12. The summed E-state index contributed by atoms with van der Waals surface area (Å²) in [5.41, 5.74) is -0.306. The van der Waals surface area contributed by atoms with E-state index in [1.807, 2.05) is 0 Å². The van der Waals surface area contributed by atoms with Crippen LogP contribution in [0.4, 0.5) is 5.69 Å². The van der Waals surface area contributed by atoms with Gasteiger partial charge in [0.2, 0.25) is 12.1 Å². The lowest BCUT2D eigenvalue weighted by molar-refractivity contribution is -0.0285. The third-order valence-electron chi connectivity index (χ3n) is 3.68. The van der Waals surface area contributed by atoms with Gasteiger partial charge >= 0.3 is 5.97 Å². The fourth-order valence-electron chi connectivity index (χ4n) is 2.49. The molecule has 2 aromatic carbocycles. The molecule has 7 nitrogen and oxygen atoms in total. The number of aromatic hydroxyl groups is 1. The molecule has 2 N–H and O–H groups in total. The van der Waals surface area contributed by atoms with Crippen LogP contribution in [-0.2, 0) is 4.74 Å². The molecule has 0 saturated carbocycles. The molecule has 1 heterocycles. The van der Waals surface area contributed by atoms with Crippen molar-refractivity contribution in [2.45, 2.75) is 13.2 Å². The second-order valence-corrected chi connectivity index (χ2v) is 5.79. The summed E-state index contributed by atoms with van der Waals surface area (Å²) in [6, 6.07) is 8.62. The van der Waals surface area contributed by atoms with Crippen LogP contribution < -0.4 is 4.74 Å². The Morgan fingerprint density at radius 3 is 2.81 bits per heavy atom. The molecule has 0 saturated heterocycles. The van der Waals surface area contributed by atoms with Gasteiger partial charge in [-0.3, -0.25) is 4.79 Å². The molecule has 134 valence electrons. The minimum absolute atomic E-state index is 0.0768. The van der Waals surface area contributed by atoms with E-state index >= 15 is 0 Å². The van der Waals surface area contributed by atoms with Crippen LogP contribution >= 0.6 is 11.6 Å². The first-order chi connectivity index (χ1) is 12.4. The zero-order chi connectivity index (χ0) is 18.8. The van der Waals surface area contributed by atoms with Crippen LogP contribution in [0.25, 0.3) is 0 Å². The molecule has 2 aromatic rings. The molecule has 8 heteroatoms. The van der Waals surface area contributed by atoms with Crippen LogP contribution in [0.3, 0.4) is 0 Å². The van der Waals surface area contributed by atoms with Crippen LogP contribution in [0.5, 0.6) is 11.5 Å². The van der Waals surface area contributed by atoms with Gasteiger partial charge in [-0.2, -0.15) is 0 Å². The summed E-state index contributed by atoms with van der Waals surface area (Å²) in [5.74, 6) is -2.03. The number of para-hydroxylation sites is 1. The molecular weight excluding hydrogens is 362 g/mol. The van der Waals surface area contributed by atoms with Crippen molar-refractivity contribution in [1.29, 1.82) is 0 Å². The van der Waals surface area contributed by atoms with Crippen molar-refractivity contribution in [3.8, 4) is 11.5 Å². The van der Waals surface area contributed by atoms with Crippen LogP contribution in [0.2, 0.25) is 5.02 Å². The number of benzene rings is 2. The number of rotatable bonds is 4. The predicted octanol–water partition coefficient (Wildman–Crippen LogP) is 3.45. The SMILES string of the molecule is CCOC1Oc2ccc(Cl)cc2C(=O)C1=Nc1cccc(C(=O)O)c1O. The summed E-state index contributed by atoms with van der Waals surface area (Å²) in [4.78, 5) is 28.1.